The summed E-state index contributed by atoms with van der Waals surface area (Å²) in [6.07, 6.45) is 5.73. The van der Waals surface area contributed by atoms with Crippen molar-refractivity contribution < 1.29 is 24.2 Å². The number of carbonyl (C=O) groups excluding carboxylic acids is 2. The Balaban J connectivity index is 1.87. The molecule has 136 valence electrons. The lowest BCUT2D eigenvalue weighted by molar-refractivity contribution is -0.145. The van der Waals surface area contributed by atoms with E-state index < -0.39 is 5.97 Å². The summed E-state index contributed by atoms with van der Waals surface area (Å²) in [4.78, 5) is 38.4. The third kappa shape index (κ3) is 5.47. The predicted octanol–water partition coefficient (Wildman–Crippen LogP) is 1.26. The van der Waals surface area contributed by atoms with Crippen molar-refractivity contribution >= 4 is 17.8 Å². The van der Waals surface area contributed by atoms with Gasteiger partial charge in [0, 0.05) is 32.7 Å². The summed E-state index contributed by atoms with van der Waals surface area (Å²) in [6, 6.07) is -0.109. The first-order chi connectivity index (χ1) is 11.5. The standard InChI is InChI=1S/C17H28N2O5/c1-13(20)19(12-17(22)23)14-5-4-8-18(9-7-14)16(21)11-15-6-2-3-10-24-15/h14-15H,2-12H2,1H3,(H,22,23). The van der Waals surface area contributed by atoms with Crippen molar-refractivity contribution in [2.45, 2.75) is 64.0 Å². The average molecular weight is 340 g/mol. The second-order valence-electron chi connectivity index (χ2n) is 6.70. The van der Waals surface area contributed by atoms with E-state index in [1.165, 1.54) is 11.8 Å². The third-order valence-corrected chi connectivity index (χ3v) is 4.88. The quantitative estimate of drug-likeness (QED) is 0.814. The molecule has 1 N–H and O–H groups in total. The zero-order valence-electron chi connectivity index (χ0n) is 14.4. The molecular formula is C17H28N2O5. The lowest BCUT2D eigenvalue weighted by Gasteiger charge is -2.29. The molecule has 0 aromatic carbocycles. The highest BCUT2D eigenvalue weighted by Crippen LogP contribution is 2.20. The van der Waals surface area contributed by atoms with Crippen LogP contribution in [0.1, 0.15) is 51.9 Å². The van der Waals surface area contributed by atoms with Crippen molar-refractivity contribution in [1.82, 2.24) is 9.80 Å². The molecule has 0 spiro atoms. The number of ether oxygens (including phenoxy) is 1. The maximum absolute atomic E-state index is 12.5. The SMILES string of the molecule is CC(=O)N(CC(=O)O)C1CCCN(C(=O)CC2CCCCO2)CC1. The highest BCUT2D eigenvalue weighted by atomic mass is 16.5. The van der Waals surface area contributed by atoms with Crippen LogP contribution in [0.15, 0.2) is 0 Å². The van der Waals surface area contributed by atoms with Gasteiger partial charge >= 0.3 is 5.97 Å². The summed E-state index contributed by atoms with van der Waals surface area (Å²) in [5.41, 5.74) is 0. The number of carboxylic acid groups (broad SMARTS) is 1. The molecule has 0 saturated carbocycles. The summed E-state index contributed by atoms with van der Waals surface area (Å²) in [5, 5.41) is 8.98. The fraction of sp³-hybridized carbons (Fsp3) is 0.824. The van der Waals surface area contributed by atoms with Gasteiger partial charge in [0.1, 0.15) is 6.54 Å². The van der Waals surface area contributed by atoms with Gasteiger partial charge in [0.15, 0.2) is 0 Å². The Bertz CT molecular complexity index is 462. The topological polar surface area (TPSA) is 87.2 Å². The lowest BCUT2D eigenvalue weighted by Crippen LogP contribution is -2.43. The van der Waals surface area contributed by atoms with Crippen molar-refractivity contribution in [3.8, 4) is 0 Å². The summed E-state index contributed by atoms with van der Waals surface area (Å²) < 4.78 is 5.64. The Morgan fingerprint density at radius 3 is 2.54 bits per heavy atom. The molecule has 2 atom stereocenters. The van der Waals surface area contributed by atoms with Crippen molar-refractivity contribution in [3.05, 3.63) is 0 Å². The van der Waals surface area contributed by atoms with Crippen LogP contribution in [-0.4, -0.2) is 71.1 Å². The molecule has 2 saturated heterocycles. The molecule has 7 nitrogen and oxygen atoms in total. The van der Waals surface area contributed by atoms with Gasteiger partial charge in [-0.05, 0) is 38.5 Å². The summed E-state index contributed by atoms with van der Waals surface area (Å²) in [5.74, 6) is -1.12. The number of aliphatic carboxylic acids is 1. The van der Waals surface area contributed by atoms with Gasteiger partial charge in [-0.25, -0.2) is 0 Å². The van der Waals surface area contributed by atoms with Gasteiger partial charge in [0.05, 0.1) is 12.5 Å². The van der Waals surface area contributed by atoms with E-state index in [0.717, 1.165) is 38.7 Å². The molecule has 0 aromatic rings. The fourth-order valence-corrected chi connectivity index (χ4v) is 3.58. The van der Waals surface area contributed by atoms with Crippen molar-refractivity contribution in [2.24, 2.45) is 0 Å². The summed E-state index contributed by atoms with van der Waals surface area (Å²) in [7, 11) is 0. The maximum atomic E-state index is 12.5. The molecule has 2 rings (SSSR count). The number of hydrogen-bond acceptors (Lipinski definition) is 4. The van der Waals surface area contributed by atoms with Crippen molar-refractivity contribution in [1.29, 1.82) is 0 Å². The minimum Gasteiger partial charge on any atom is -0.480 e. The third-order valence-electron chi connectivity index (χ3n) is 4.88. The maximum Gasteiger partial charge on any atom is 0.323 e. The van der Waals surface area contributed by atoms with Crippen LogP contribution in [-0.2, 0) is 19.1 Å². The smallest absolute Gasteiger partial charge is 0.323 e. The Labute approximate surface area is 142 Å². The molecule has 0 aromatic heterocycles. The average Bonchev–Trinajstić information content (AvgIpc) is 2.79. The van der Waals surface area contributed by atoms with Gasteiger partial charge in [0.2, 0.25) is 11.8 Å². The molecule has 24 heavy (non-hydrogen) atoms. The van der Waals surface area contributed by atoms with Crippen LogP contribution in [0.4, 0.5) is 0 Å². The van der Waals surface area contributed by atoms with E-state index in [9.17, 15) is 14.4 Å². The van der Waals surface area contributed by atoms with E-state index in [4.69, 9.17) is 9.84 Å². The highest BCUT2D eigenvalue weighted by Gasteiger charge is 2.28. The molecule has 2 heterocycles. The van der Waals surface area contributed by atoms with Crippen LogP contribution < -0.4 is 0 Å². The molecule has 0 aliphatic carbocycles. The largest absolute Gasteiger partial charge is 0.480 e. The number of amides is 2. The van der Waals surface area contributed by atoms with Crippen molar-refractivity contribution in [2.75, 3.05) is 26.2 Å². The van der Waals surface area contributed by atoms with E-state index in [0.29, 0.717) is 25.9 Å². The van der Waals surface area contributed by atoms with E-state index in [-0.39, 0.29) is 30.5 Å². The van der Waals surface area contributed by atoms with Crippen LogP contribution in [0.5, 0.6) is 0 Å². The van der Waals surface area contributed by atoms with Crippen LogP contribution in [0.2, 0.25) is 0 Å². The van der Waals surface area contributed by atoms with Crippen LogP contribution in [0.3, 0.4) is 0 Å². The first-order valence-electron chi connectivity index (χ1n) is 8.85. The normalized spacial score (nSPS) is 25.0. The van der Waals surface area contributed by atoms with E-state index in [1.54, 1.807) is 0 Å². The molecule has 2 amide bonds. The molecule has 2 aliphatic rings. The first-order valence-corrected chi connectivity index (χ1v) is 8.85. The first kappa shape index (κ1) is 18.7. The predicted molar refractivity (Wildman–Crippen MR) is 87.4 cm³/mol. The lowest BCUT2D eigenvalue weighted by atomic mass is 10.1. The summed E-state index contributed by atoms with van der Waals surface area (Å²) in [6.45, 7) is 3.10. The number of rotatable bonds is 5. The molecule has 2 aliphatic heterocycles. The Morgan fingerprint density at radius 2 is 1.92 bits per heavy atom. The number of carbonyl (C=O) groups is 3. The molecule has 0 bridgehead atoms. The van der Waals surface area contributed by atoms with E-state index in [2.05, 4.69) is 0 Å². The fourth-order valence-electron chi connectivity index (χ4n) is 3.58. The second kappa shape index (κ2) is 9.01. The Morgan fingerprint density at radius 1 is 1.12 bits per heavy atom. The molecule has 7 heteroatoms. The number of carboxylic acids is 1. The van der Waals surface area contributed by atoms with E-state index in [1.807, 2.05) is 4.90 Å². The number of hydrogen-bond donors (Lipinski definition) is 1. The zero-order valence-corrected chi connectivity index (χ0v) is 14.4. The van der Waals surface area contributed by atoms with Gasteiger partial charge in [-0.2, -0.15) is 0 Å². The number of nitrogens with zero attached hydrogens (tertiary/aromatic N) is 2. The second-order valence-corrected chi connectivity index (χ2v) is 6.70. The van der Waals surface area contributed by atoms with Gasteiger partial charge in [-0.1, -0.05) is 0 Å². The molecule has 2 fully saturated rings. The van der Waals surface area contributed by atoms with E-state index >= 15 is 0 Å². The Kier molecular flexibility index (Phi) is 7.02. The molecule has 2 unspecified atom stereocenters. The van der Waals surface area contributed by atoms with Crippen LogP contribution in [0.25, 0.3) is 0 Å². The van der Waals surface area contributed by atoms with Crippen LogP contribution in [0, 0.1) is 0 Å². The van der Waals surface area contributed by atoms with Gasteiger partial charge in [0.25, 0.3) is 0 Å². The van der Waals surface area contributed by atoms with Gasteiger partial charge in [-0.3, -0.25) is 14.4 Å². The monoisotopic (exact) mass is 340 g/mol. The van der Waals surface area contributed by atoms with Crippen LogP contribution >= 0.6 is 0 Å². The van der Waals surface area contributed by atoms with Gasteiger partial charge in [-0.15, -0.1) is 0 Å². The van der Waals surface area contributed by atoms with Crippen molar-refractivity contribution in [3.63, 3.8) is 0 Å². The number of likely N-dealkylation sites (tertiary alicyclic amines) is 1. The Hall–Kier alpha value is -1.63. The highest BCUT2D eigenvalue weighted by molar-refractivity contribution is 5.80. The minimum atomic E-state index is -1.00. The molecular weight excluding hydrogens is 312 g/mol. The zero-order chi connectivity index (χ0) is 17.5. The molecule has 0 radical (unpaired) electrons. The minimum absolute atomic E-state index is 0.0334. The van der Waals surface area contributed by atoms with Gasteiger partial charge < -0.3 is 19.6 Å². The summed E-state index contributed by atoms with van der Waals surface area (Å²) >= 11 is 0.